The van der Waals surface area contributed by atoms with E-state index >= 15 is 0 Å². The summed E-state index contributed by atoms with van der Waals surface area (Å²) < 4.78 is 62.9. The van der Waals surface area contributed by atoms with E-state index in [1.807, 2.05) is 0 Å². The lowest BCUT2D eigenvalue weighted by Gasteiger charge is -2.35. The number of nitrogens with one attached hydrogen (secondary N) is 1. The first-order valence-electron chi connectivity index (χ1n) is 8.06. The molecule has 5 nitrogen and oxygen atoms in total. The van der Waals surface area contributed by atoms with Crippen LogP contribution in [0.15, 0.2) is 48.5 Å². The molecular weight excluding hydrogens is 381 g/mol. The first-order valence-corrected chi connectivity index (χ1v) is 10.0. The first-order chi connectivity index (χ1) is 12.6. The van der Waals surface area contributed by atoms with Crippen LogP contribution < -0.4 is 5.32 Å². The summed E-state index contributed by atoms with van der Waals surface area (Å²) in [6.45, 7) is 0.0543. The van der Waals surface area contributed by atoms with E-state index in [2.05, 4.69) is 5.32 Å². The van der Waals surface area contributed by atoms with Gasteiger partial charge in [-0.25, -0.2) is 13.2 Å². The van der Waals surface area contributed by atoms with E-state index in [-0.39, 0.29) is 18.7 Å². The van der Waals surface area contributed by atoms with Crippen molar-refractivity contribution in [3.8, 4) is 0 Å². The summed E-state index contributed by atoms with van der Waals surface area (Å²) in [5.41, 5.74) is 0.678. The third kappa shape index (κ3) is 4.24. The smallest absolute Gasteiger partial charge is 0.308 e. The molecule has 1 N–H and O–H groups in total. The van der Waals surface area contributed by atoms with E-state index in [4.69, 9.17) is 0 Å². The number of nitrogens with zero attached hydrogens (tertiary/aromatic N) is 1. The average molecular weight is 398 g/mol. The minimum absolute atomic E-state index is 0.0543. The third-order valence-electron chi connectivity index (χ3n) is 4.40. The number of anilines is 1. The van der Waals surface area contributed by atoms with Crippen molar-refractivity contribution < 1.29 is 26.4 Å². The van der Waals surface area contributed by atoms with Crippen molar-refractivity contribution in [3.63, 3.8) is 0 Å². The number of hydrogen-bond donors (Lipinski definition) is 1. The maximum Gasteiger partial charge on any atom is 0.416 e. The molecule has 0 saturated carbocycles. The molecule has 2 amide bonds. The van der Waals surface area contributed by atoms with Gasteiger partial charge < -0.3 is 10.2 Å². The fraction of sp³-hybridized carbons (Fsp3) is 0.278. The number of carbonyl (C=O) groups excluding carboxylic acids is 1. The van der Waals surface area contributed by atoms with Crippen LogP contribution in [0.5, 0.6) is 0 Å². The van der Waals surface area contributed by atoms with Crippen LogP contribution in [0.1, 0.15) is 16.7 Å². The number of rotatable bonds is 2. The fourth-order valence-electron chi connectivity index (χ4n) is 3.05. The van der Waals surface area contributed by atoms with Crippen LogP contribution in [0, 0.1) is 0 Å². The van der Waals surface area contributed by atoms with Crippen LogP contribution in [0.3, 0.4) is 0 Å². The Balaban J connectivity index is 1.88. The van der Waals surface area contributed by atoms with Gasteiger partial charge in [-0.15, -0.1) is 0 Å². The molecule has 9 heteroatoms. The van der Waals surface area contributed by atoms with Gasteiger partial charge in [0.05, 0.1) is 5.56 Å². The molecule has 1 heterocycles. The number of halogens is 3. The number of fused-ring (bicyclic) bond motifs is 1. The first kappa shape index (κ1) is 19.2. The fourth-order valence-corrected chi connectivity index (χ4v) is 4.16. The van der Waals surface area contributed by atoms with Gasteiger partial charge in [0.25, 0.3) is 0 Å². The van der Waals surface area contributed by atoms with Crippen molar-refractivity contribution in [1.82, 2.24) is 4.90 Å². The van der Waals surface area contributed by atoms with Crippen molar-refractivity contribution in [2.45, 2.75) is 24.5 Å². The minimum atomic E-state index is -4.54. The molecule has 0 saturated heterocycles. The predicted octanol–water partition coefficient (Wildman–Crippen LogP) is 3.67. The van der Waals surface area contributed by atoms with Crippen molar-refractivity contribution in [2.24, 2.45) is 0 Å². The Bertz CT molecular complexity index is 974. The second kappa shape index (κ2) is 6.88. The molecule has 2 aromatic rings. The molecule has 0 bridgehead atoms. The topological polar surface area (TPSA) is 66.5 Å². The van der Waals surface area contributed by atoms with Gasteiger partial charge in [-0.2, -0.15) is 13.2 Å². The summed E-state index contributed by atoms with van der Waals surface area (Å²) in [6.07, 6.45) is -3.37. The van der Waals surface area contributed by atoms with Crippen LogP contribution in [0.4, 0.5) is 23.7 Å². The standard InChI is InChI=1S/C18H17F3N2O3S/c1-27(25,26)16-9-12-5-2-3-6-13(12)11-23(16)17(24)22-15-8-4-7-14(10-15)18(19,20)21/h2-8,10,16H,9,11H2,1H3,(H,22,24). The van der Waals surface area contributed by atoms with Gasteiger partial charge in [-0.3, -0.25) is 0 Å². The number of hydrogen-bond acceptors (Lipinski definition) is 3. The molecular formula is C18H17F3N2O3S. The zero-order valence-corrected chi connectivity index (χ0v) is 15.1. The van der Waals surface area contributed by atoms with E-state index in [1.165, 1.54) is 12.1 Å². The highest BCUT2D eigenvalue weighted by Gasteiger charge is 2.36. The second-order valence-electron chi connectivity index (χ2n) is 6.39. The van der Waals surface area contributed by atoms with E-state index < -0.39 is 33.0 Å². The SMILES string of the molecule is CS(=O)(=O)C1Cc2ccccc2CN1C(=O)Nc1cccc(C(F)(F)F)c1. The maximum absolute atomic E-state index is 12.8. The Morgan fingerprint density at radius 3 is 2.41 bits per heavy atom. The average Bonchev–Trinajstić information content (AvgIpc) is 2.59. The van der Waals surface area contributed by atoms with Crippen molar-refractivity contribution in [2.75, 3.05) is 11.6 Å². The van der Waals surface area contributed by atoms with Gasteiger partial charge >= 0.3 is 12.2 Å². The van der Waals surface area contributed by atoms with E-state index in [0.717, 1.165) is 34.4 Å². The lowest BCUT2D eigenvalue weighted by molar-refractivity contribution is -0.137. The van der Waals surface area contributed by atoms with Gasteiger partial charge in [-0.1, -0.05) is 30.3 Å². The third-order valence-corrected chi connectivity index (χ3v) is 5.81. The quantitative estimate of drug-likeness (QED) is 0.840. The number of amides is 2. The molecule has 1 unspecified atom stereocenters. The largest absolute Gasteiger partial charge is 0.416 e. The minimum Gasteiger partial charge on any atom is -0.308 e. The highest BCUT2D eigenvalue weighted by Crippen LogP contribution is 2.31. The van der Waals surface area contributed by atoms with Gasteiger partial charge in [0, 0.05) is 24.9 Å². The number of carbonyl (C=O) groups is 1. The zero-order chi connectivity index (χ0) is 19.8. The molecule has 0 radical (unpaired) electrons. The Labute approximate surface area is 154 Å². The van der Waals surface area contributed by atoms with Gasteiger partial charge in [0.1, 0.15) is 5.37 Å². The van der Waals surface area contributed by atoms with Crippen molar-refractivity contribution in [1.29, 1.82) is 0 Å². The monoisotopic (exact) mass is 398 g/mol. The summed E-state index contributed by atoms with van der Waals surface area (Å²) in [7, 11) is -3.60. The van der Waals surface area contributed by atoms with Crippen LogP contribution >= 0.6 is 0 Å². The number of alkyl halides is 3. The molecule has 1 aliphatic heterocycles. The Hall–Kier alpha value is -2.55. The van der Waals surface area contributed by atoms with Gasteiger partial charge in [0.15, 0.2) is 9.84 Å². The normalized spacial score (nSPS) is 17.3. The highest BCUT2D eigenvalue weighted by molar-refractivity contribution is 7.91. The summed E-state index contributed by atoms with van der Waals surface area (Å²) in [6, 6.07) is 10.6. The van der Waals surface area contributed by atoms with Crippen LogP contribution in [-0.2, 0) is 29.0 Å². The van der Waals surface area contributed by atoms with Crippen molar-refractivity contribution in [3.05, 3.63) is 65.2 Å². The van der Waals surface area contributed by atoms with Gasteiger partial charge in [-0.05, 0) is 29.3 Å². The Morgan fingerprint density at radius 2 is 1.78 bits per heavy atom. The Morgan fingerprint density at radius 1 is 1.11 bits per heavy atom. The molecule has 27 heavy (non-hydrogen) atoms. The predicted molar refractivity (Wildman–Crippen MR) is 94.8 cm³/mol. The summed E-state index contributed by atoms with van der Waals surface area (Å²) >= 11 is 0. The number of sulfone groups is 1. The molecule has 3 rings (SSSR count). The Kier molecular flexibility index (Phi) is 4.90. The molecule has 0 fully saturated rings. The molecule has 144 valence electrons. The number of urea groups is 1. The van der Waals surface area contributed by atoms with Crippen molar-refractivity contribution >= 4 is 21.6 Å². The molecule has 1 atom stereocenters. The maximum atomic E-state index is 12.8. The van der Waals surface area contributed by atoms with Crippen LogP contribution in [-0.4, -0.2) is 31.0 Å². The summed E-state index contributed by atoms with van der Waals surface area (Å²) in [5.74, 6) is 0. The van der Waals surface area contributed by atoms with Crippen LogP contribution in [0.25, 0.3) is 0 Å². The van der Waals surface area contributed by atoms with Gasteiger partial charge in [0.2, 0.25) is 0 Å². The van der Waals surface area contributed by atoms with E-state index in [0.29, 0.717) is 0 Å². The van der Waals surface area contributed by atoms with Crippen LogP contribution in [0.2, 0.25) is 0 Å². The zero-order valence-electron chi connectivity index (χ0n) is 14.3. The molecule has 0 spiro atoms. The molecule has 2 aromatic carbocycles. The highest BCUT2D eigenvalue weighted by atomic mass is 32.2. The lowest BCUT2D eigenvalue weighted by atomic mass is 10.00. The summed E-state index contributed by atoms with van der Waals surface area (Å²) in [5, 5.41) is 1.29. The molecule has 0 aromatic heterocycles. The number of benzene rings is 2. The van der Waals surface area contributed by atoms with E-state index in [1.54, 1.807) is 24.3 Å². The molecule has 0 aliphatic carbocycles. The van der Waals surface area contributed by atoms with E-state index in [9.17, 15) is 26.4 Å². The summed E-state index contributed by atoms with van der Waals surface area (Å²) in [4.78, 5) is 13.8. The molecule has 1 aliphatic rings. The second-order valence-corrected chi connectivity index (χ2v) is 8.60. The lowest BCUT2D eigenvalue weighted by Crippen LogP contribution is -2.49.